The van der Waals surface area contributed by atoms with Crippen LogP contribution in [0, 0.1) is 22.0 Å². The molecule has 1 aliphatic carbocycles. The molecule has 2 aliphatic rings. The van der Waals surface area contributed by atoms with Crippen LogP contribution in [0.2, 0.25) is 0 Å². The van der Waals surface area contributed by atoms with E-state index in [0.717, 1.165) is 36.1 Å². The number of fused-ring (bicyclic) bond motifs is 4. The number of aromatic nitrogens is 1. The van der Waals surface area contributed by atoms with E-state index in [1.165, 1.54) is 27.4 Å². The summed E-state index contributed by atoms with van der Waals surface area (Å²) in [6.45, 7) is 1.23. The minimum Gasteiger partial charge on any atom is -0.493 e. The Hall–Kier alpha value is -5.90. The van der Waals surface area contributed by atoms with Crippen LogP contribution in [-0.4, -0.2) is 98.0 Å². The second kappa shape index (κ2) is 16.6. The number of nitro groups is 1. The van der Waals surface area contributed by atoms with Crippen molar-refractivity contribution < 1.29 is 48.7 Å². The molecule has 15 nitrogen and oxygen atoms in total. The molecule has 15 heteroatoms. The Balaban J connectivity index is 0.000000193. The van der Waals surface area contributed by atoms with Crippen LogP contribution in [0.3, 0.4) is 0 Å². The van der Waals surface area contributed by atoms with E-state index in [9.17, 15) is 30.2 Å². The van der Waals surface area contributed by atoms with Crippen molar-refractivity contribution in [3.63, 3.8) is 0 Å². The molecule has 0 unspecified atom stereocenters. The summed E-state index contributed by atoms with van der Waals surface area (Å²) in [6.07, 6.45) is -0.236. The number of aliphatic carboxylic acids is 1. The van der Waals surface area contributed by atoms with Gasteiger partial charge in [0.2, 0.25) is 12.5 Å². The number of benzene rings is 4. The molecule has 4 N–H and O–H groups in total. The summed E-state index contributed by atoms with van der Waals surface area (Å²) in [5.74, 6) is -1.87. The van der Waals surface area contributed by atoms with Gasteiger partial charge in [-0.25, -0.2) is 4.98 Å². The van der Waals surface area contributed by atoms with Gasteiger partial charge in [-0.3, -0.25) is 14.9 Å². The number of rotatable bonds is 12. The van der Waals surface area contributed by atoms with Crippen LogP contribution in [0.4, 0.5) is 11.4 Å². The lowest BCUT2D eigenvalue weighted by atomic mass is 9.65. The third-order valence-electron chi connectivity index (χ3n) is 9.97. The maximum Gasteiger partial charge on any atom is 0.307 e. The molecule has 0 saturated carbocycles. The van der Waals surface area contributed by atoms with E-state index in [1.54, 1.807) is 30.3 Å². The summed E-state index contributed by atoms with van der Waals surface area (Å²) in [5, 5.41) is 47.4. The van der Waals surface area contributed by atoms with Crippen molar-refractivity contribution in [3.05, 3.63) is 93.5 Å². The molecule has 55 heavy (non-hydrogen) atoms. The Bertz CT molecular complexity index is 2190. The monoisotopic (exact) mass is 756 g/mol. The number of pyridine rings is 1. The summed E-state index contributed by atoms with van der Waals surface area (Å²) in [7, 11) is 8.49. The number of para-hydroxylation sites is 1. The van der Waals surface area contributed by atoms with Crippen molar-refractivity contribution in [1.29, 1.82) is 0 Å². The zero-order chi connectivity index (χ0) is 39.4. The zero-order valence-electron chi connectivity index (χ0n) is 31.1. The van der Waals surface area contributed by atoms with E-state index < -0.39 is 36.4 Å². The fraction of sp³-hybridized carbons (Fsp3) is 0.350. The van der Waals surface area contributed by atoms with E-state index in [1.807, 2.05) is 44.4 Å². The topological polar surface area (TPSA) is 195 Å². The van der Waals surface area contributed by atoms with Gasteiger partial charge in [-0.15, -0.1) is 0 Å². The lowest BCUT2D eigenvalue weighted by Crippen LogP contribution is -2.40. The Morgan fingerprint density at radius 2 is 1.62 bits per heavy atom. The van der Waals surface area contributed by atoms with Gasteiger partial charge >= 0.3 is 5.97 Å². The van der Waals surface area contributed by atoms with Gasteiger partial charge in [0.1, 0.15) is 5.39 Å². The van der Waals surface area contributed by atoms with Crippen LogP contribution in [-0.2, 0) is 4.79 Å². The highest BCUT2D eigenvalue weighted by molar-refractivity contribution is 6.11. The fourth-order valence-electron chi connectivity index (χ4n) is 7.44. The lowest BCUT2D eigenvalue weighted by molar-refractivity contribution is -0.383. The van der Waals surface area contributed by atoms with Crippen LogP contribution in [0.1, 0.15) is 35.1 Å². The van der Waals surface area contributed by atoms with Crippen molar-refractivity contribution in [2.24, 2.45) is 11.8 Å². The van der Waals surface area contributed by atoms with E-state index >= 15 is 0 Å². The fourth-order valence-corrected chi connectivity index (χ4v) is 7.44. The first kappa shape index (κ1) is 38.8. The summed E-state index contributed by atoms with van der Waals surface area (Å²) < 4.78 is 27.2. The smallest absolute Gasteiger partial charge is 0.307 e. The second-order valence-corrected chi connectivity index (χ2v) is 13.4. The molecule has 1 aliphatic heterocycles. The third-order valence-corrected chi connectivity index (χ3v) is 9.97. The SMILES string of the molecule is CN(C)CCCNc1c2ccccc2nc2cccc([N+](=O)[O-])c12.COc1cc([C@@H]2c3cc4c(cc3[C@H](O)[C@@H](CO)[C@@H]2C(=O)O)OCO4)cc(OC)c1OC. The van der Waals surface area contributed by atoms with Gasteiger partial charge in [0, 0.05) is 36.4 Å². The van der Waals surface area contributed by atoms with Crippen molar-refractivity contribution in [2.45, 2.75) is 18.4 Å². The number of nitro benzene ring substituents is 1. The number of carbonyl (C=O) groups is 1. The molecule has 0 amide bonds. The molecule has 0 radical (unpaired) electrons. The zero-order valence-corrected chi connectivity index (χ0v) is 31.1. The minimum absolute atomic E-state index is 0.0367. The molecule has 2 heterocycles. The number of nitrogens with zero attached hydrogens (tertiary/aromatic N) is 3. The number of anilines is 1. The van der Waals surface area contributed by atoms with Gasteiger partial charge in [0.25, 0.3) is 5.69 Å². The Labute approximate surface area is 317 Å². The van der Waals surface area contributed by atoms with Gasteiger partial charge in [-0.2, -0.15) is 0 Å². The number of hydrogen-bond donors (Lipinski definition) is 4. The first-order valence-electron chi connectivity index (χ1n) is 17.6. The van der Waals surface area contributed by atoms with Gasteiger partial charge in [-0.1, -0.05) is 24.3 Å². The van der Waals surface area contributed by atoms with Crippen LogP contribution < -0.4 is 29.0 Å². The van der Waals surface area contributed by atoms with Crippen LogP contribution in [0.15, 0.2) is 66.7 Å². The average molecular weight is 757 g/mol. The molecule has 0 spiro atoms. The summed E-state index contributed by atoms with van der Waals surface area (Å²) in [6, 6.07) is 19.5. The molecule has 0 fully saturated rings. The first-order valence-corrected chi connectivity index (χ1v) is 17.6. The van der Waals surface area contributed by atoms with Crippen LogP contribution in [0.25, 0.3) is 21.8 Å². The summed E-state index contributed by atoms with van der Waals surface area (Å²) in [5.41, 5.74) is 3.98. The highest BCUT2D eigenvalue weighted by atomic mass is 16.7. The number of aliphatic hydroxyl groups excluding tert-OH is 2. The number of methoxy groups -OCH3 is 3. The first-order chi connectivity index (χ1) is 26.5. The predicted octanol–water partition coefficient (Wildman–Crippen LogP) is 5.59. The van der Waals surface area contributed by atoms with Gasteiger partial charge in [-0.05, 0) is 80.1 Å². The van der Waals surface area contributed by atoms with Gasteiger partial charge in [0.05, 0.1) is 55.0 Å². The third kappa shape index (κ3) is 7.58. The van der Waals surface area contributed by atoms with Crippen molar-refractivity contribution in [3.8, 4) is 28.7 Å². The molecule has 4 atom stereocenters. The Kier molecular flexibility index (Phi) is 11.7. The number of non-ortho nitro benzene ring substituents is 1. The quantitative estimate of drug-likeness (QED) is 0.0532. The summed E-state index contributed by atoms with van der Waals surface area (Å²) in [4.78, 5) is 30.2. The maximum absolute atomic E-state index is 12.4. The van der Waals surface area contributed by atoms with E-state index in [-0.39, 0.29) is 17.4 Å². The molecule has 5 aromatic rings. The number of nitrogens with one attached hydrogen (secondary N) is 1. The number of hydrogen-bond acceptors (Lipinski definition) is 13. The maximum atomic E-state index is 12.4. The molecular formula is C40H44N4O11. The lowest BCUT2D eigenvalue weighted by Gasteiger charge is -2.40. The van der Waals surface area contributed by atoms with E-state index in [0.29, 0.717) is 56.3 Å². The Morgan fingerprint density at radius 1 is 0.964 bits per heavy atom. The molecule has 0 bridgehead atoms. The average Bonchev–Trinajstić information content (AvgIpc) is 3.65. The van der Waals surface area contributed by atoms with Crippen LogP contribution >= 0.6 is 0 Å². The number of carboxylic acid groups (broad SMARTS) is 1. The van der Waals surface area contributed by atoms with Crippen molar-refractivity contribution in [1.82, 2.24) is 9.88 Å². The van der Waals surface area contributed by atoms with Crippen molar-refractivity contribution in [2.75, 3.05) is 67.2 Å². The Morgan fingerprint density at radius 3 is 2.22 bits per heavy atom. The van der Waals surface area contributed by atoms with Gasteiger partial charge in [0.15, 0.2) is 23.0 Å². The molecular weight excluding hydrogens is 712 g/mol. The minimum atomic E-state index is -1.19. The number of ether oxygens (including phenoxy) is 5. The standard InChI is InChI=1S/C22H24O9.C18H20N4O2/c1-27-16-4-10(5-17(28-2)21(16)29-3)18-11-6-14-15(31-9-30-14)7-12(11)20(24)13(8-23)19(18)22(25)26;1-21(2)12-6-11-19-18-13-7-3-4-8-14(13)20-15-9-5-10-16(17(15)18)22(23)24/h4-7,13,18-20,23-24H,8-9H2,1-3H3,(H,25,26);3-5,7-10H,6,11-12H2,1-2H3,(H,19,20)/t13-,18+,19-,20-;/m0./s1. The number of aliphatic hydroxyl groups is 2. The van der Waals surface area contributed by atoms with E-state index in [4.69, 9.17) is 23.7 Å². The highest BCUT2D eigenvalue weighted by Gasteiger charge is 2.47. The molecule has 290 valence electrons. The van der Waals surface area contributed by atoms with Crippen LogP contribution in [0.5, 0.6) is 28.7 Å². The molecule has 7 rings (SSSR count). The number of carboxylic acids is 1. The highest BCUT2D eigenvalue weighted by Crippen LogP contribution is 2.53. The second-order valence-electron chi connectivity index (χ2n) is 13.4. The largest absolute Gasteiger partial charge is 0.493 e. The molecule has 0 saturated heterocycles. The van der Waals surface area contributed by atoms with Crippen molar-refractivity contribution >= 4 is 39.1 Å². The molecule has 4 aromatic carbocycles. The van der Waals surface area contributed by atoms with Gasteiger partial charge < -0.3 is 49.2 Å². The predicted molar refractivity (Wildman–Crippen MR) is 205 cm³/mol. The molecule has 1 aromatic heterocycles. The summed E-state index contributed by atoms with van der Waals surface area (Å²) >= 11 is 0. The normalized spacial score (nSPS) is 18.3. The van der Waals surface area contributed by atoms with E-state index in [2.05, 4.69) is 15.2 Å².